The summed E-state index contributed by atoms with van der Waals surface area (Å²) >= 11 is 5.59. The second-order valence-electron chi connectivity index (χ2n) is 4.15. The van der Waals surface area contributed by atoms with E-state index >= 15 is 0 Å². The van der Waals surface area contributed by atoms with Crippen molar-refractivity contribution in [2.75, 3.05) is 0 Å². The predicted molar refractivity (Wildman–Crippen MR) is 66.7 cm³/mol. The molecule has 0 saturated carbocycles. The zero-order valence-electron chi connectivity index (χ0n) is 10.2. The molecule has 0 bridgehead atoms. The molecule has 2 aromatic rings. The molecule has 0 N–H and O–H groups in total. The Hall–Kier alpha value is -1.83. The molecule has 0 aliphatic rings. The van der Waals surface area contributed by atoms with Crippen molar-refractivity contribution >= 4 is 28.3 Å². The molecule has 1 aromatic heterocycles. The fraction of sp³-hybridized carbons (Fsp3) is 0.364. The maximum atomic E-state index is 12.8. The molecule has 108 valence electrons. The summed E-state index contributed by atoms with van der Waals surface area (Å²) in [6.45, 7) is 2.24. The van der Waals surface area contributed by atoms with Crippen LogP contribution in [0.1, 0.15) is 18.9 Å². The first-order valence-corrected chi connectivity index (χ1v) is 6.04. The SMILES string of the molecule is CCCn1cnc2cc(C(F)(F)F)c(Cl)c([N+](=O)[O-])c21. The second kappa shape index (κ2) is 4.93. The fourth-order valence-electron chi connectivity index (χ4n) is 1.98. The number of alkyl halides is 3. The van der Waals surface area contributed by atoms with Crippen LogP contribution in [-0.4, -0.2) is 14.5 Å². The molecule has 0 atom stereocenters. The van der Waals surface area contributed by atoms with Crippen molar-refractivity contribution in [3.63, 3.8) is 0 Å². The first-order chi connectivity index (χ1) is 9.27. The van der Waals surface area contributed by atoms with Crippen molar-refractivity contribution in [2.24, 2.45) is 0 Å². The first kappa shape index (κ1) is 14.6. The van der Waals surface area contributed by atoms with Crippen LogP contribution in [-0.2, 0) is 12.7 Å². The highest BCUT2D eigenvalue weighted by atomic mass is 35.5. The summed E-state index contributed by atoms with van der Waals surface area (Å²) in [5.41, 5.74) is -2.10. The van der Waals surface area contributed by atoms with Crippen molar-refractivity contribution in [3.05, 3.63) is 33.1 Å². The molecule has 1 heterocycles. The molecular formula is C11H9ClF3N3O2. The Kier molecular flexibility index (Phi) is 3.59. The number of nitro benzene ring substituents is 1. The average molecular weight is 308 g/mol. The topological polar surface area (TPSA) is 61.0 Å². The number of hydrogen-bond acceptors (Lipinski definition) is 3. The van der Waals surface area contributed by atoms with Crippen LogP contribution in [0.5, 0.6) is 0 Å². The number of nitrogens with zero attached hydrogens (tertiary/aromatic N) is 3. The Morgan fingerprint density at radius 3 is 2.65 bits per heavy atom. The van der Waals surface area contributed by atoms with Gasteiger partial charge in [-0.3, -0.25) is 10.1 Å². The number of fused-ring (bicyclic) bond motifs is 1. The van der Waals surface area contributed by atoms with E-state index in [0.29, 0.717) is 13.0 Å². The van der Waals surface area contributed by atoms with E-state index in [0.717, 1.165) is 6.07 Å². The zero-order valence-corrected chi connectivity index (χ0v) is 11.0. The van der Waals surface area contributed by atoms with E-state index in [1.54, 1.807) is 0 Å². The molecular weight excluding hydrogens is 299 g/mol. The van der Waals surface area contributed by atoms with Gasteiger partial charge in [-0.1, -0.05) is 18.5 Å². The van der Waals surface area contributed by atoms with Crippen LogP contribution in [0.3, 0.4) is 0 Å². The fourth-order valence-corrected chi connectivity index (χ4v) is 2.30. The van der Waals surface area contributed by atoms with Gasteiger partial charge in [-0.15, -0.1) is 0 Å². The number of imidazole rings is 1. The normalized spacial score (nSPS) is 12.1. The number of aromatic nitrogens is 2. The molecule has 0 spiro atoms. The first-order valence-electron chi connectivity index (χ1n) is 5.66. The third kappa shape index (κ3) is 2.31. The molecule has 0 unspecified atom stereocenters. The van der Waals surface area contributed by atoms with Gasteiger partial charge in [0.2, 0.25) is 0 Å². The molecule has 9 heteroatoms. The van der Waals surface area contributed by atoms with Crippen LogP contribution in [0.15, 0.2) is 12.4 Å². The number of rotatable bonds is 3. The van der Waals surface area contributed by atoms with E-state index in [4.69, 9.17) is 11.6 Å². The number of halogens is 4. The van der Waals surface area contributed by atoms with Crippen LogP contribution in [0.2, 0.25) is 5.02 Å². The number of nitro groups is 1. The highest BCUT2D eigenvalue weighted by Crippen LogP contribution is 2.43. The highest BCUT2D eigenvalue weighted by molar-refractivity contribution is 6.34. The van der Waals surface area contributed by atoms with Gasteiger partial charge in [-0.2, -0.15) is 13.2 Å². The van der Waals surface area contributed by atoms with Crippen LogP contribution in [0.4, 0.5) is 18.9 Å². The number of benzene rings is 1. The van der Waals surface area contributed by atoms with Gasteiger partial charge in [0.15, 0.2) is 0 Å². The summed E-state index contributed by atoms with van der Waals surface area (Å²) in [6, 6.07) is 0.733. The summed E-state index contributed by atoms with van der Waals surface area (Å²) < 4.78 is 39.9. The van der Waals surface area contributed by atoms with Gasteiger partial charge >= 0.3 is 11.9 Å². The van der Waals surface area contributed by atoms with Crippen molar-refractivity contribution in [1.82, 2.24) is 9.55 Å². The average Bonchev–Trinajstić information content (AvgIpc) is 2.70. The minimum atomic E-state index is -4.77. The lowest BCUT2D eigenvalue weighted by molar-refractivity contribution is -0.383. The molecule has 0 saturated heterocycles. The van der Waals surface area contributed by atoms with Crippen LogP contribution in [0.25, 0.3) is 11.0 Å². The third-order valence-electron chi connectivity index (χ3n) is 2.77. The summed E-state index contributed by atoms with van der Waals surface area (Å²) in [4.78, 5) is 14.0. The zero-order chi connectivity index (χ0) is 15.1. The van der Waals surface area contributed by atoms with Crippen molar-refractivity contribution in [3.8, 4) is 0 Å². The Morgan fingerprint density at radius 1 is 1.50 bits per heavy atom. The lowest BCUT2D eigenvalue weighted by Gasteiger charge is -2.10. The van der Waals surface area contributed by atoms with Gasteiger partial charge in [-0.05, 0) is 12.5 Å². The number of hydrogen-bond donors (Lipinski definition) is 0. The maximum Gasteiger partial charge on any atom is 0.418 e. The van der Waals surface area contributed by atoms with Gasteiger partial charge < -0.3 is 4.57 Å². The molecule has 5 nitrogen and oxygen atoms in total. The van der Waals surface area contributed by atoms with Crippen molar-refractivity contribution < 1.29 is 18.1 Å². The van der Waals surface area contributed by atoms with Crippen molar-refractivity contribution in [1.29, 1.82) is 0 Å². The molecule has 0 fully saturated rings. The summed E-state index contributed by atoms with van der Waals surface area (Å²) in [5, 5.41) is 10.2. The molecule has 1 aromatic carbocycles. The summed E-state index contributed by atoms with van der Waals surface area (Å²) in [5.74, 6) is 0. The van der Waals surface area contributed by atoms with Crippen molar-refractivity contribution in [2.45, 2.75) is 26.1 Å². The standard InChI is InChI=1S/C11H9ClF3N3O2/c1-2-3-17-5-16-7-4-6(11(13,14)15)8(12)10(9(7)17)18(19)20/h4-5H,2-3H2,1H3. The molecule has 0 amide bonds. The molecule has 2 rings (SSSR count). The Balaban J connectivity index is 2.86. The van der Waals surface area contributed by atoms with E-state index in [1.165, 1.54) is 10.9 Å². The Morgan fingerprint density at radius 2 is 2.15 bits per heavy atom. The largest absolute Gasteiger partial charge is 0.418 e. The van der Waals surface area contributed by atoms with Crippen LogP contribution < -0.4 is 0 Å². The predicted octanol–water partition coefficient (Wildman–Crippen LogP) is 4.03. The second-order valence-corrected chi connectivity index (χ2v) is 4.53. The van der Waals surface area contributed by atoms with Gasteiger partial charge in [0.1, 0.15) is 10.5 Å². The van der Waals surface area contributed by atoms with Gasteiger partial charge in [0.25, 0.3) is 0 Å². The minimum Gasteiger partial charge on any atom is -0.325 e. The molecule has 0 aliphatic heterocycles. The lowest BCUT2D eigenvalue weighted by atomic mass is 10.1. The highest BCUT2D eigenvalue weighted by Gasteiger charge is 2.38. The quantitative estimate of drug-likeness (QED) is 0.635. The van der Waals surface area contributed by atoms with E-state index < -0.39 is 27.4 Å². The van der Waals surface area contributed by atoms with Crippen LogP contribution >= 0.6 is 11.6 Å². The van der Waals surface area contributed by atoms with Gasteiger partial charge in [-0.25, -0.2) is 4.98 Å². The van der Waals surface area contributed by atoms with E-state index in [1.807, 2.05) is 6.92 Å². The van der Waals surface area contributed by atoms with E-state index in [2.05, 4.69) is 4.98 Å². The van der Waals surface area contributed by atoms with Crippen LogP contribution in [0, 0.1) is 10.1 Å². The lowest BCUT2D eigenvalue weighted by Crippen LogP contribution is -2.08. The molecule has 0 radical (unpaired) electrons. The third-order valence-corrected chi connectivity index (χ3v) is 3.15. The molecule has 20 heavy (non-hydrogen) atoms. The maximum absolute atomic E-state index is 12.8. The smallest absolute Gasteiger partial charge is 0.325 e. The van der Waals surface area contributed by atoms with Gasteiger partial charge in [0.05, 0.1) is 22.3 Å². The Labute approximate surface area is 116 Å². The summed E-state index contributed by atoms with van der Waals surface area (Å²) in [6.07, 6.45) is -2.84. The van der Waals surface area contributed by atoms with E-state index in [-0.39, 0.29) is 11.0 Å². The monoisotopic (exact) mass is 307 g/mol. The molecule has 0 aliphatic carbocycles. The number of aryl methyl sites for hydroxylation is 1. The van der Waals surface area contributed by atoms with Gasteiger partial charge in [0, 0.05) is 6.54 Å². The Bertz CT molecular complexity index is 682. The minimum absolute atomic E-state index is 0.00912. The summed E-state index contributed by atoms with van der Waals surface area (Å²) in [7, 11) is 0. The van der Waals surface area contributed by atoms with E-state index in [9.17, 15) is 23.3 Å².